The van der Waals surface area contributed by atoms with Gasteiger partial charge in [-0.15, -0.1) is 11.8 Å². The van der Waals surface area contributed by atoms with E-state index in [1.54, 1.807) is 11.8 Å². The van der Waals surface area contributed by atoms with Gasteiger partial charge in [-0.1, -0.05) is 25.1 Å². The summed E-state index contributed by atoms with van der Waals surface area (Å²) in [7, 11) is 1.45. The number of thioether (sulfide) groups is 1. The second kappa shape index (κ2) is 7.85. The van der Waals surface area contributed by atoms with Gasteiger partial charge >= 0.3 is 5.97 Å². The predicted molar refractivity (Wildman–Crippen MR) is 89.8 cm³/mol. The lowest BCUT2D eigenvalue weighted by atomic mass is 9.95. The molecule has 2 unspecified atom stereocenters. The fourth-order valence-corrected chi connectivity index (χ4v) is 3.85. The Labute approximate surface area is 132 Å². The first kappa shape index (κ1) is 18.1. The number of aryl methyl sites for hydroxylation is 1. The molecule has 1 N–H and O–H groups in total. The van der Waals surface area contributed by atoms with Crippen LogP contribution in [0.4, 0.5) is 0 Å². The van der Waals surface area contributed by atoms with E-state index >= 15 is 0 Å². The molecule has 3 nitrogen and oxygen atoms in total. The van der Waals surface area contributed by atoms with Gasteiger partial charge in [-0.25, -0.2) is 0 Å². The lowest BCUT2D eigenvalue weighted by Crippen LogP contribution is -2.54. The molecule has 0 spiro atoms. The molecule has 21 heavy (non-hydrogen) atoms. The Morgan fingerprint density at radius 3 is 2.48 bits per heavy atom. The van der Waals surface area contributed by atoms with Gasteiger partial charge in [-0.3, -0.25) is 10.1 Å². The van der Waals surface area contributed by atoms with Crippen molar-refractivity contribution in [3.8, 4) is 0 Å². The van der Waals surface area contributed by atoms with E-state index in [0.29, 0.717) is 5.25 Å². The number of methoxy groups -OCH3 is 1. The molecule has 0 saturated carbocycles. The molecule has 118 valence electrons. The summed E-state index contributed by atoms with van der Waals surface area (Å²) in [6.45, 7) is 10.3. The lowest BCUT2D eigenvalue weighted by Gasteiger charge is -2.32. The lowest BCUT2D eigenvalue weighted by molar-refractivity contribution is -0.148. The number of esters is 1. The summed E-state index contributed by atoms with van der Waals surface area (Å²) in [4.78, 5) is 13.4. The number of benzene rings is 1. The van der Waals surface area contributed by atoms with Crippen LogP contribution in [0.15, 0.2) is 29.2 Å². The Bertz CT molecular complexity index is 476. The highest BCUT2D eigenvalue weighted by Crippen LogP contribution is 2.31. The van der Waals surface area contributed by atoms with Crippen LogP contribution in [-0.4, -0.2) is 29.9 Å². The van der Waals surface area contributed by atoms with Crippen LogP contribution in [0.2, 0.25) is 0 Å². The molecule has 2 atom stereocenters. The molecule has 0 amide bonds. The van der Waals surface area contributed by atoms with E-state index in [2.05, 4.69) is 31.3 Å². The second-order valence-electron chi connectivity index (χ2n) is 6.02. The van der Waals surface area contributed by atoms with Gasteiger partial charge in [0.2, 0.25) is 0 Å². The summed E-state index contributed by atoms with van der Waals surface area (Å²) in [5, 5.41) is 3.66. The van der Waals surface area contributed by atoms with Crippen molar-refractivity contribution in [3.05, 3.63) is 29.8 Å². The maximum atomic E-state index is 12.1. The number of rotatable bonds is 7. The topological polar surface area (TPSA) is 38.3 Å². The van der Waals surface area contributed by atoms with Gasteiger partial charge < -0.3 is 4.74 Å². The first-order valence-electron chi connectivity index (χ1n) is 7.37. The number of hydrogen-bond donors (Lipinski definition) is 1. The summed E-state index contributed by atoms with van der Waals surface area (Å²) < 4.78 is 4.98. The van der Waals surface area contributed by atoms with E-state index in [-0.39, 0.29) is 12.0 Å². The molecule has 0 bridgehead atoms. The molecular formula is C17H27NO2S. The molecule has 0 saturated heterocycles. The Balaban J connectivity index is 2.79. The minimum Gasteiger partial charge on any atom is -0.468 e. The van der Waals surface area contributed by atoms with Crippen LogP contribution in [0.3, 0.4) is 0 Å². The smallest absolute Gasteiger partial charge is 0.325 e. The van der Waals surface area contributed by atoms with Crippen molar-refractivity contribution in [2.45, 2.75) is 62.8 Å². The van der Waals surface area contributed by atoms with Crippen molar-refractivity contribution >= 4 is 17.7 Å². The maximum absolute atomic E-state index is 12.1. The summed E-state index contributed by atoms with van der Waals surface area (Å²) in [5.74, 6) is -0.201. The zero-order valence-electron chi connectivity index (χ0n) is 13.9. The van der Waals surface area contributed by atoms with Gasteiger partial charge in [0, 0.05) is 16.2 Å². The minimum atomic E-state index is -0.655. The highest BCUT2D eigenvalue weighted by atomic mass is 32.2. The monoisotopic (exact) mass is 309 g/mol. The van der Waals surface area contributed by atoms with Crippen LogP contribution in [0, 0.1) is 6.92 Å². The van der Waals surface area contributed by atoms with Crippen LogP contribution in [0.1, 0.15) is 39.7 Å². The van der Waals surface area contributed by atoms with E-state index in [9.17, 15) is 4.79 Å². The molecule has 1 aromatic carbocycles. The van der Waals surface area contributed by atoms with Crippen molar-refractivity contribution in [1.29, 1.82) is 0 Å². The molecule has 0 aliphatic rings. The van der Waals surface area contributed by atoms with Crippen LogP contribution in [0.25, 0.3) is 0 Å². The molecule has 1 aromatic rings. The van der Waals surface area contributed by atoms with Crippen LogP contribution in [-0.2, 0) is 9.53 Å². The number of ether oxygens (including phenoxy) is 1. The summed E-state index contributed by atoms with van der Waals surface area (Å²) in [6.07, 6.45) is 0.719. The third kappa shape index (κ3) is 5.36. The average Bonchev–Trinajstić information content (AvgIpc) is 2.39. The minimum absolute atomic E-state index is 0.201. The zero-order valence-corrected chi connectivity index (χ0v) is 14.7. The van der Waals surface area contributed by atoms with Crippen LogP contribution < -0.4 is 5.32 Å². The van der Waals surface area contributed by atoms with E-state index < -0.39 is 5.54 Å². The van der Waals surface area contributed by atoms with Crippen molar-refractivity contribution in [3.63, 3.8) is 0 Å². The van der Waals surface area contributed by atoms with Crippen LogP contribution in [0.5, 0.6) is 0 Å². The molecule has 0 aliphatic carbocycles. The van der Waals surface area contributed by atoms with Gasteiger partial charge in [0.25, 0.3) is 0 Å². The Morgan fingerprint density at radius 1 is 1.33 bits per heavy atom. The summed E-state index contributed by atoms with van der Waals surface area (Å²) in [5.41, 5.74) is 0.615. The highest BCUT2D eigenvalue weighted by Gasteiger charge is 2.36. The molecule has 1 rings (SSSR count). The number of carbonyl (C=O) groups is 1. The Hall–Kier alpha value is -1.00. The van der Waals surface area contributed by atoms with Crippen molar-refractivity contribution in [2.75, 3.05) is 7.11 Å². The Morgan fingerprint density at radius 2 is 1.95 bits per heavy atom. The molecule has 0 fully saturated rings. The zero-order chi connectivity index (χ0) is 16.0. The first-order chi connectivity index (χ1) is 9.78. The summed E-state index contributed by atoms with van der Waals surface area (Å²) in [6, 6.07) is 8.56. The highest BCUT2D eigenvalue weighted by molar-refractivity contribution is 8.00. The third-order valence-corrected chi connectivity index (χ3v) is 4.64. The molecule has 0 radical (unpaired) electrons. The molecule has 0 heterocycles. The van der Waals surface area contributed by atoms with E-state index in [1.807, 2.05) is 32.9 Å². The molecular weight excluding hydrogens is 282 g/mol. The maximum Gasteiger partial charge on any atom is 0.325 e. The Kier molecular flexibility index (Phi) is 6.75. The second-order valence-corrected chi connectivity index (χ2v) is 7.50. The largest absolute Gasteiger partial charge is 0.468 e. The van der Waals surface area contributed by atoms with Gasteiger partial charge in [0.05, 0.1) is 7.11 Å². The summed E-state index contributed by atoms with van der Waals surface area (Å²) >= 11 is 1.80. The number of carbonyl (C=O) groups excluding carboxylic acids is 1. The van der Waals surface area contributed by atoms with E-state index in [0.717, 1.165) is 6.42 Å². The van der Waals surface area contributed by atoms with Crippen molar-refractivity contribution in [2.24, 2.45) is 0 Å². The fraction of sp³-hybridized carbons (Fsp3) is 0.588. The van der Waals surface area contributed by atoms with Crippen molar-refractivity contribution in [1.82, 2.24) is 5.32 Å². The normalized spacial score (nSPS) is 15.6. The molecule has 0 aliphatic heterocycles. The van der Waals surface area contributed by atoms with Crippen molar-refractivity contribution < 1.29 is 9.53 Å². The van der Waals surface area contributed by atoms with Gasteiger partial charge in [0.1, 0.15) is 5.54 Å². The third-order valence-electron chi connectivity index (χ3n) is 3.36. The average molecular weight is 309 g/mol. The number of nitrogens with one attached hydrogen (secondary N) is 1. The van der Waals surface area contributed by atoms with Gasteiger partial charge in [0.15, 0.2) is 0 Å². The SMILES string of the molecule is COC(=O)C(C)(CC(C)Sc1ccccc1C)NC(C)C. The number of hydrogen-bond acceptors (Lipinski definition) is 4. The fourth-order valence-electron chi connectivity index (χ4n) is 2.59. The molecule has 0 aromatic heterocycles. The van der Waals surface area contributed by atoms with Gasteiger partial charge in [-0.05, 0) is 45.7 Å². The quantitative estimate of drug-likeness (QED) is 0.614. The standard InChI is InChI=1S/C17H27NO2S/c1-12(2)18-17(5,16(19)20-6)11-14(4)21-15-10-8-7-9-13(15)3/h7-10,12,14,18H,11H2,1-6H3. The van der Waals surface area contributed by atoms with E-state index in [1.165, 1.54) is 17.6 Å². The van der Waals surface area contributed by atoms with E-state index in [4.69, 9.17) is 4.74 Å². The van der Waals surface area contributed by atoms with Crippen LogP contribution >= 0.6 is 11.8 Å². The predicted octanol–water partition coefficient (Wildman–Crippen LogP) is 3.80. The van der Waals surface area contributed by atoms with Gasteiger partial charge in [-0.2, -0.15) is 0 Å². The molecule has 4 heteroatoms. The first-order valence-corrected chi connectivity index (χ1v) is 8.25.